The first-order valence-corrected chi connectivity index (χ1v) is 3.84. The first-order valence-electron chi connectivity index (χ1n) is 3.84. The van der Waals surface area contributed by atoms with Crippen molar-refractivity contribution in [3.63, 3.8) is 0 Å². The van der Waals surface area contributed by atoms with Crippen molar-refractivity contribution in [3.8, 4) is 0 Å². The van der Waals surface area contributed by atoms with Crippen molar-refractivity contribution < 1.29 is 18.0 Å². The van der Waals surface area contributed by atoms with E-state index < -0.39 is 28.8 Å². The Hall–Kier alpha value is -1.79. The first-order chi connectivity index (χ1) is 6.73. The highest BCUT2D eigenvalue weighted by Gasteiger charge is 2.36. The van der Waals surface area contributed by atoms with E-state index in [1.54, 1.807) is 0 Å². The van der Waals surface area contributed by atoms with E-state index in [2.05, 4.69) is 4.98 Å². The normalized spacial score (nSPS) is 11.5. The average molecular weight is 220 g/mol. The van der Waals surface area contributed by atoms with Gasteiger partial charge in [-0.15, -0.1) is 0 Å². The van der Waals surface area contributed by atoms with Crippen LogP contribution in [0.4, 0.5) is 13.2 Å². The van der Waals surface area contributed by atoms with Crippen LogP contribution in [0.5, 0.6) is 0 Å². The van der Waals surface area contributed by atoms with Gasteiger partial charge < -0.3 is 10.7 Å². The minimum absolute atomic E-state index is 0.0114. The Kier molecular flexibility index (Phi) is 2.57. The molecule has 0 saturated carbocycles. The summed E-state index contributed by atoms with van der Waals surface area (Å²) in [5.74, 6) is -1.40. The maximum atomic E-state index is 12.4. The van der Waals surface area contributed by atoms with Gasteiger partial charge >= 0.3 is 6.18 Å². The molecule has 15 heavy (non-hydrogen) atoms. The number of amides is 1. The number of hydrogen-bond acceptors (Lipinski definition) is 2. The summed E-state index contributed by atoms with van der Waals surface area (Å²) < 4.78 is 37.2. The summed E-state index contributed by atoms with van der Waals surface area (Å²) in [5.41, 5.74) is 1.21. The molecule has 1 rings (SSSR count). The highest BCUT2D eigenvalue weighted by Crippen LogP contribution is 2.30. The SMILES string of the molecule is Cc1cc(C(F)(F)F)c(C(N)=O)c(=O)[nH]1. The Morgan fingerprint density at radius 2 is 2.00 bits per heavy atom. The lowest BCUT2D eigenvalue weighted by molar-refractivity contribution is -0.138. The monoisotopic (exact) mass is 220 g/mol. The molecule has 0 spiro atoms. The number of carbonyl (C=O) groups excluding carboxylic acids is 1. The van der Waals surface area contributed by atoms with Gasteiger partial charge in [-0.2, -0.15) is 13.2 Å². The number of alkyl halides is 3. The molecule has 3 N–H and O–H groups in total. The van der Waals surface area contributed by atoms with E-state index in [9.17, 15) is 22.8 Å². The lowest BCUT2D eigenvalue weighted by atomic mass is 10.1. The van der Waals surface area contributed by atoms with E-state index in [0.29, 0.717) is 6.07 Å². The van der Waals surface area contributed by atoms with Crippen molar-refractivity contribution in [2.75, 3.05) is 0 Å². The van der Waals surface area contributed by atoms with Crippen LogP contribution in [0, 0.1) is 6.92 Å². The van der Waals surface area contributed by atoms with Gasteiger partial charge in [-0.1, -0.05) is 0 Å². The summed E-state index contributed by atoms with van der Waals surface area (Å²) >= 11 is 0. The zero-order valence-electron chi connectivity index (χ0n) is 7.61. The van der Waals surface area contributed by atoms with E-state index in [1.165, 1.54) is 6.92 Å². The fourth-order valence-corrected chi connectivity index (χ4v) is 1.16. The predicted molar refractivity (Wildman–Crippen MR) is 45.3 cm³/mol. The number of H-pyrrole nitrogens is 1. The Morgan fingerprint density at radius 1 is 1.47 bits per heavy atom. The number of aromatic nitrogens is 1. The third kappa shape index (κ3) is 2.17. The molecule has 1 aromatic rings. The highest BCUT2D eigenvalue weighted by atomic mass is 19.4. The summed E-state index contributed by atoms with van der Waals surface area (Å²) in [6.07, 6.45) is -4.77. The average Bonchev–Trinajstić information content (AvgIpc) is 1.99. The largest absolute Gasteiger partial charge is 0.417 e. The number of rotatable bonds is 1. The van der Waals surface area contributed by atoms with Crippen molar-refractivity contribution in [3.05, 3.63) is 33.2 Å². The van der Waals surface area contributed by atoms with Crippen LogP contribution in [0.3, 0.4) is 0 Å². The molecule has 0 aliphatic carbocycles. The third-order valence-electron chi connectivity index (χ3n) is 1.72. The predicted octanol–water partition coefficient (Wildman–Crippen LogP) is 0.801. The van der Waals surface area contributed by atoms with Crippen molar-refractivity contribution in [2.45, 2.75) is 13.1 Å². The maximum absolute atomic E-state index is 12.4. The molecule has 0 atom stereocenters. The molecule has 0 fully saturated rings. The van der Waals surface area contributed by atoms with Crippen LogP contribution in [0.1, 0.15) is 21.6 Å². The lowest BCUT2D eigenvalue weighted by Crippen LogP contribution is -2.29. The highest BCUT2D eigenvalue weighted by molar-refractivity contribution is 5.94. The van der Waals surface area contributed by atoms with E-state index in [4.69, 9.17) is 5.73 Å². The smallest absolute Gasteiger partial charge is 0.365 e. The molecular weight excluding hydrogens is 213 g/mol. The van der Waals surface area contributed by atoms with Gasteiger partial charge in [0.2, 0.25) is 0 Å². The second kappa shape index (κ2) is 3.41. The number of nitrogens with one attached hydrogen (secondary N) is 1. The molecule has 82 valence electrons. The molecule has 0 unspecified atom stereocenters. The van der Waals surface area contributed by atoms with Gasteiger partial charge in [0, 0.05) is 5.69 Å². The molecule has 4 nitrogen and oxygen atoms in total. The number of aryl methyl sites for hydroxylation is 1. The van der Waals surface area contributed by atoms with Crippen molar-refractivity contribution >= 4 is 5.91 Å². The zero-order chi connectivity index (χ0) is 11.8. The summed E-state index contributed by atoms with van der Waals surface area (Å²) in [6.45, 7) is 1.28. The Bertz CT molecular complexity index is 462. The Morgan fingerprint density at radius 3 is 2.40 bits per heavy atom. The van der Waals surface area contributed by atoms with Crippen molar-refractivity contribution in [1.29, 1.82) is 0 Å². The van der Waals surface area contributed by atoms with Gasteiger partial charge in [-0.3, -0.25) is 9.59 Å². The van der Waals surface area contributed by atoms with Gasteiger partial charge in [-0.05, 0) is 13.0 Å². The summed E-state index contributed by atoms with van der Waals surface area (Å²) in [5, 5.41) is 0. The molecule has 0 saturated heterocycles. The quantitative estimate of drug-likeness (QED) is 0.734. The molecule has 7 heteroatoms. The second-order valence-corrected chi connectivity index (χ2v) is 2.93. The van der Waals surface area contributed by atoms with Crippen LogP contribution in [-0.2, 0) is 6.18 Å². The van der Waals surface area contributed by atoms with Gasteiger partial charge in [-0.25, -0.2) is 0 Å². The van der Waals surface area contributed by atoms with E-state index >= 15 is 0 Å². The number of primary amides is 1. The molecule has 1 amide bonds. The Balaban J connectivity index is 3.62. The summed E-state index contributed by atoms with van der Waals surface area (Å²) in [4.78, 5) is 23.9. The minimum Gasteiger partial charge on any atom is -0.365 e. The molecule has 0 aliphatic heterocycles. The molecule has 0 radical (unpaired) electrons. The fourth-order valence-electron chi connectivity index (χ4n) is 1.16. The standard InChI is InChI=1S/C8H7F3N2O2/c1-3-2-4(8(9,10)11)5(6(12)14)7(15)13-3/h2H,1H3,(H2,12,14)(H,13,15). The Labute approximate surface area is 81.9 Å². The zero-order valence-corrected chi connectivity index (χ0v) is 7.61. The number of hydrogen-bond donors (Lipinski definition) is 2. The third-order valence-corrected chi connectivity index (χ3v) is 1.72. The number of aromatic amines is 1. The molecule has 1 aromatic heterocycles. The van der Waals surface area contributed by atoms with Crippen LogP contribution in [0.25, 0.3) is 0 Å². The minimum atomic E-state index is -4.77. The molecular formula is C8H7F3N2O2. The van der Waals surface area contributed by atoms with Crippen LogP contribution in [-0.4, -0.2) is 10.9 Å². The van der Waals surface area contributed by atoms with Crippen molar-refractivity contribution in [1.82, 2.24) is 4.98 Å². The summed E-state index contributed by atoms with van der Waals surface area (Å²) in [6, 6.07) is 0.668. The second-order valence-electron chi connectivity index (χ2n) is 2.93. The molecule has 1 heterocycles. The molecule has 0 aromatic carbocycles. The van der Waals surface area contributed by atoms with Gasteiger partial charge in [0.1, 0.15) is 5.56 Å². The van der Waals surface area contributed by atoms with Crippen LogP contribution < -0.4 is 11.3 Å². The van der Waals surface area contributed by atoms with Gasteiger partial charge in [0.15, 0.2) is 0 Å². The number of nitrogens with two attached hydrogens (primary N) is 1. The maximum Gasteiger partial charge on any atom is 0.417 e. The first kappa shape index (κ1) is 11.3. The van der Waals surface area contributed by atoms with Gasteiger partial charge in [0.05, 0.1) is 5.56 Å². The van der Waals surface area contributed by atoms with E-state index in [-0.39, 0.29) is 5.69 Å². The molecule has 0 aliphatic rings. The van der Waals surface area contributed by atoms with Crippen molar-refractivity contribution in [2.24, 2.45) is 5.73 Å². The van der Waals surface area contributed by atoms with E-state index in [0.717, 1.165) is 0 Å². The number of carbonyl (C=O) groups is 1. The summed E-state index contributed by atoms with van der Waals surface area (Å²) in [7, 11) is 0. The van der Waals surface area contributed by atoms with Gasteiger partial charge in [0.25, 0.3) is 11.5 Å². The molecule has 0 bridgehead atoms. The van der Waals surface area contributed by atoms with E-state index in [1.807, 2.05) is 0 Å². The topological polar surface area (TPSA) is 76.0 Å². The number of halogens is 3. The fraction of sp³-hybridized carbons (Fsp3) is 0.250. The van der Waals surface area contributed by atoms with Crippen LogP contribution in [0.2, 0.25) is 0 Å². The van der Waals surface area contributed by atoms with Crippen LogP contribution in [0.15, 0.2) is 10.9 Å². The van der Waals surface area contributed by atoms with Crippen LogP contribution >= 0.6 is 0 Å². The lowest BCUT2D eigenvalue weighted by Gasteiger charge is -2.10. The number of pyridine rings is 1.